The number of aldehydes is 1. The van der Waals surface area contributed by atoms with E-state index < -0.39 is 0 Å². The maximum atomic E-state index is 13.9. The Labute approximate surface area is 243 Å². The minimum absolute atomic E-state index is 0.270. The summed E-state index contributed by atoms with van der Waals surface area (Å²) in [4.78, 5) is 19.3. The van der Waals surface area contributed by atoms with Crippen LogP contribution in [0, 0.1) is 12.7 Å². The van der Waals surface area contributed by atoms with Crippen molar-refractivity contribution in [3.63, 3.8) is 0 Å². The minimum atomic E-state index is -0.348. The van der Waals surface area contributed by atoms with E-state index in [0.29, 0.717) is 43.3 Å². The van der Waals surface area contributed by atoms with E-state index in [0.717, 1.165) is 28.3 Å². The number of fused-ring (bicyclic) bond motifs is 2. The summed E-state index contributed by atoms with van der Waals surface area (Å²) in [5, 5.41) is 12.9. The zero-order chi connectivity index (χ0) is 30.0. The molecule has 0 amide bonds. The number of H-pyrrole nitrogens is 1. The van der Waals surface area contributed by atoms with Crippen LogP contribution in [0.5, 0.6) is 5.75 Å². The summed E-state index contributed by atoms with van der Waals surface area (Å²) in [5.74, 6) is 1.44. The van der Waals surface area contributed by atoms with E-state index >= 15 is 0 Å². The van der Waals surface area contributed by atoms with Crippen LogP contribution in [-0.2, 0) is 6.54 Å². The van der Waals surface area contributed by atoms with Crippen molar-refractivity contribution in [3.8, 4) is 5.75 Å². The zero-order valence-corrected chi connectivity index (χ0v) is 24.3. The third kappa shape index (κ3) is 8.35. The average Bonchev–Trinajstić information content (AvgIpc) is 3.68. The molecule has 0 fully saturated rings. The van der Waals surface area contributed by atoms with Crippen molar-refractivity contribution in [2.45, 2.75) is 32.9 Å². The van der Waals surface area contributed by atoms with Crippen LogP contribution in [0.3, 0.4) is 0 Å². The number of carbonyl (C=O) groups excluding carboxylic acids is 1. The van der Waals surface area contributed by atoms with Gasteiger partial charge in [-0.2, -0.15) is 10.2 Å². The summed E-state index contributed by atoms with van der Waals surface area (Å²) >= 11 is 4.02. The van der Waals surface area contributed by atoms with Gasteiger partial charge in [0.05, 0.1) is 43.2 Å². The van der Waals surface area contributed by atoms with Gasteiger partial charge in [-0.3, -0.25) is 13.9 Å². The van der Waals surface area contributed by atoms with E-state index in [9.17, 15) is 13.6 Å². The minimum Gasteiger partial charge on any atom is -0.381 e. The van der Waals surface area contributed by atoms with E-state index in [-0.39, 0.29) is 11.4 Å². The number of nitrogens with one attached hydrogen (secondary N) is 4. The van der Waals surface area contributed by atoms with Gasteiger partial charge in [0.25, 0.3) is 0 Å². The number of carbonyl (C=O) groups is 1. The van der Waals surface area contributed by atoms with Crippen molar-refractivity contribution in [1.82, 2.24) is 24.5 Å². The summed E-state index contributed by atoms with van der Waals surface area (Å²) in [6.45, 7) is 10.9. The summed E-state index contributed by atoms with van der Waals surface area (Å²) in [6, 6.07) is 14.3. The van der Waals surface area contributed by atoms with Crippen LogP contribution in [0.2, 0.25) is 0 Å². The fourth-order valence-electron chi connectivity index (χ4n) is 3.79. The molecule has 2 aromatic carbocycles. The molecule has 12 heteroatoms. The number of anilines is 2. The normalized spacial score (nSPS) is 12.8. The van der Waals surface area contributed by atoms with Crippen LogP contribution in [0.25, 0.3) is 10.9 Å². The molecule has 4 N–H and O–H groups in total. The molecule has 0 radical (unpaired) electrons. The number of aromatic amines is 1. The first-order chi connectivity index (χ1) is 19.7. The molecule has 0 spiro atoms. The summed E-state index contributed by atoms with van der Waals surface area (Å²) in [7, 11) is 0.500. The van der Waals surface area contributed by atoms with E-state index in [1.54, 1.807) is 23.4 Å². The zero-order valence-electron chi connectivity index (χ0n) is 23.4. The monoisotopic (exact) mass is 583 g/mol. The highest BCUT2D eigenvalue weighted by molar-refractivity contribution is 7.78. The van der Waals surface area contributed by atoms with Gasteiger partial charge >= 0.3 is 0 Å². The molecule has 0 saturated heterocycles. The van der Waals surface area contributed by atoms with Crippen molar-refractivity contribution in [2.24, 2.45) is 0 Å². The summed E-state index contributed by atoms with van der Waals surface area (Å²) in [5.41, 5.74) is 3.42. The van der Waals surface area contributed by atoms with Crippen molar-refractivity contribution < 1.29 is 18.4 Å². The van der Waals surface area contributed by atoms with Gasteiger partial charge in [0.1, 0.15) is 11.6 Å². The Morgan fingerprint density at radius 1 is 1.24 bits per heavy atom. The first kappa shape index (κ1) is 31.2. The van der Waals surface area contributed by atoms with Gasteiger partial charge in [-0.05, 0) is 51.1 Å². The number of benzene rings is 2. The Morgan fingerprint density at radius 2 is 1.98 bits per heavy atom. The Balaban J connectivity index is 0.000000213. The second-order valence-electron chi connectivity index (χ2n) is 9.67. The molecule has 0 saturated carbocycles. The van der Waals surface area contributed by atoms with Gasteiger partial charge in [0.15, 0.2) is 12.0 Å². The van der Waals surface area contributed by atoms with Crippen LogP contribution >= 0.6 is 12.8 Å². The fraction of sp³-hybridized carbons (Fsp3) is 0.241. The number of thiol groups is 1. The molecule has 0 atom stereocenters. The van der Waals surface area contributed by atoms with Crippen molar-refractivity contribution in [1.29, 1.82) is 0 Å². The first-order valence-corrected chi connectivity index (χ1v) is 13.1. The van der Waals surface area contributed by atoms with Gasteiger partial charge in [0.2, 0.25) is 0 Å². The molecule has 0 unspecified atom stereocenters. The van der Waals surface area contributed by atoms with E-state index in [1.807, 2.05) is 68.2 Å². The number of hydrogen-bond acceptors (Lipinski definition) is 8. The number of aromatic nitrogens is 3. The summed E-state index contributed by atoms with van der Waals surface area (Å²) in [6.07, 6.45) is 6.05. The Bertz CT molecular complexity index is 1490. The van der Waals surface area contributed by atoms with Gasteiger partial charge in [0, 0.05) is 34.8 Å². The SMILES string of the molecule is C=CN(/C=C1\Cn2ncc(C)c2N1)Oc1ccccc1.CC(C)(CNc1cc2[nH]c(C=O)cc2cc1F)NS.CF. The third-order valence-corrected chi connectivity index (χ3v) is 6.52. The maximum Gasteiger partial charge on any atom is 0.166 e. The lowest BCUT2D eigenvalue weighted by molar-refractivity contribution is 0.0452. The molecule has 0 bridgehead atoms. The first-order valence-electron chi connectivity index (χ1n) is 12.7. The Kier molecular flexibility index (Phi) is 11.0. The second kappa shape index (κ2) is 14.4. The highest BCUT2D eigenvalue weighted by Crippen LogP contribution is 2.25. The molecule has 4 aromatic rings. The number of nitrogens with zero attached hydrogens (tertiary/aromatic N) is 3. The van der Waals surface area contributed by atoms with Gasteiger partial charge < -0.3 is 20.5 Å². The molecule has 218 valence electrons. The standard InChI is InChI=1S/C15H16N4O.C13H16FN3OS.CH3F/c1-3-18(20-14-7-5-4-6-8-14)10-13-11-19-15(17-13)12(2)9-16-19;1-13(2,17-19)7-15-12-5-11-8(4-10(12)14)3-9(6-18)16-11;1-2/h3-10,17H,1,11H2,2H3;3-6,15-17,19H,7H2,1-2H3;1H3/b13-10+;;. The second-order valence-corrected chi connectivity index (χ2v) is 9.89. The molecular weight excluding hydrogens is 548 g/mol. The number of aryl methyl sites for hydroxylation is 1. The topological polar surface area (TPSA) is 99.2 Å². The van der Waals surface area contributed by atoms with E-state index in [1.165, 1.54) is 6.07 Å². The predicted octanol–water partition coefficient (Wildman–Crippen LogP) is 6.23. The van der Waals surface area contributed by atoms with Crippen molar-refractivity contribution in [2.75, 3.05) is 24.4 Å². The highest BCUT2D eigenvalue weighted by atomic mass is 32.1. The van der Waals surface area contributed by atoms with E-state index in [2.05, 4.69) is 44.8 Å². The molecule has 41 heavy (non-hydrogen) atoms. The summed E-state index contributed by atoms with van der Waals surface area (Å²) < 4.78 is 28.2. The number of alkyl halides is 1. The van der Waals surface area contributed by atoms with Crippen molar-refractivity contribution in [3.05, 3.63) is 96.5 Å². The fourth-order valence-corrected chi connectivity index (χ4v) is 3.87. The smallest absolute Gasteiger partial charge is 0.166 e. The molecule has 5 rings (SSSR count). The van der Waals surface area contributed by atoms with Gasteiger partial charge in [-0.15, -0.1) is 0 Å². The molecule has 1 aliphatic rings. The number of halogens is 2. The molecule has 0 aliphatic carbocycles. The predicted molar refractivity (Wildman–Crippen MR) is 163 cm³/mol. The average molecular weight is 584 g/mol. The maximum absolute atomic E-state index is 13.9. The molecule has 9 nitrogen and oxygen atoms in total. The lowest BCUT2D eigenvalue weighted by Gasteiger charge is -2.24. The Morgan fingerprint density at radius 3 is 2.61 bits per heavy atom. The van der Waals surface area contributed by atoms with Crippen LogP contribution in [0.4, 0.5) is 20.3 Å². The number of allylic oxidation sites excluding steroid dienone is 1. The van der Waals surface area contributed by atoms with E-state index in [4.69, 9.17) is 4.84 Å². The lowest BCUT2D eigenvalue weighted by atomic mass is 10.1. The van der Waals surface area contributed by atoms with Crippen molar-refractivity contribution >= 4 is 41.5 Å². The Hall–Kier alpha value is -4.29. The number of hydroxylamine groups is 2. The van der Waals surface area contributed by atoms with Crippen LogP contribution in [0.1, 0.15) is 29.9 Å². The van der Waals surface area contributed by atoms with Crippen LogP contribution in [0.15, 0.2) is 79.4 Å². The van der Waals surface area contributed by atoms with Crippen LogP contribution < -0.4 is 20.2 Å². The number of rotatable bonds is 9. The lowest BCUT2D eigenvalue weighted by Crippen LogP contribution is -2.40. The number of hydrogen-bond donors (Lipinski definition) is 5. The molecule has 1 aliphatic heterocycles. The number of para-hydroxylation sites is 1. The largest absolute Gasteiger partial charge is 0.381 e. The molecular formula is C29H35F2N7O2S. The quantitative estimate of drug-likeness (QED) is 0.0906. The highest BCUT2D eigenvalue weighted by Gasteiger charge is 2.18. The van der Waals surface area contributed by atoms with Crippen LogP contribution in [-0.4, -0.2) is 45.4 Å². The molecule has 3 heterocycles. The third-order valence-electron chi connectivity index (χ3n) is 5.92. The molecule has 2 aromatic heterocycles. The van der Waals surface area contributed by atoms with Gasteiger partial charge in [-0.1, -0.05) is 37.6 Å². The van der Waals surface area contributed by atoms with Gasteiger partial charge in [-0.25, -0.2) is 9.07 Å².